The summed E-state index contributed by atoms with van der Waals surface area (Å²) in [5, 5.41) is 3.61. The third kappa shape index (κ3) is 6.76. The SMILES string of the molecule is CC(C)C1CCCN(C(C)CCNC(C)(C)C)CC1. The van der Waals surface area contributed by atoms with Crippen LogP contribution in [0.4, 0.5) is 0 Å². The smallest absolute Gasteiger partial charge is 0.00965 e. The van der Waals surface area contributed by atoms with Crippen LogP contribution in [-0.4, -0.2) is 36.1 Å². The van der Waals surface area contributed by atoms with E-state index in [2.05, 4.69) is 51.8 Å². The van der Waals surface area contributed by atoms with Crippen LogP contribution in [0.5, 0.6) is 0 Å². The second kappa shape index (κ2) is 7.64. The van der Waals surface area contributed by atoms with E-state index in [9.17, 15) is 0 Å². The molecule has 0 spiro atoms. The molecule has 0 aromatic heterocycles. The van der Waals surface area contributed by atoms with E-state index in [1.165, 1.54) is 38.8 Å². The molecule has 1 N–H and O–H groups in total. The Kier molecular flexibility index (Phi) is 6.82. The fourth-order valence-electron chi connectivity index (χ4n) is 3.09. The third-order valence-electron chi connectivity index (χ3n) is 4.59. The number of hydrogen-bond donors (Lipinski definition) is 1. The minimum Gasteiger partial charge on any atom is -0.312 e. The summed E-state index contributed by atoms with van der Waals surface area (Å²) < 4.78 is 0. The highest BCUT2D eigenvalue weighted by molar-refractivity contribution is 4.77. The molecule has 0 amide bonds. The summed E-state index contributed by atoms with van der Waals surface area (Å²) >= 11 is 0. The van der Waals surface area contributed by atoms with Crippen molar-refractivity contribution < 1.29 is 0 Å². The van der Waals surface area contributed by atoms with E-state index in [1.54, 1.807) is 0 Å². The lowest BCUT2D eigenvalue weighted by molar-refractivity contribution is 0.198. The highest BCUT2D eigenvalue weighted by atomic mass is 15.2. The van der Waals surface area contributed by atoms with Crippen molar-refractivity contribution in [2.45, 2.75) is 78.8 Å². The van der Waals surface area contributed by atoms with Crippen molar-refractivity contribution in [2.24, 2.45) is 11.8 Å². The molecule has 2 atom stereocenters. The van der Waals surface area contributed by atoms with E-state index in [4.69, 9.17) is 0 Å². The molecule has 1 fully saturated rings. The van der Waals surface area contributed by atoms with Crippen LogP contribution < -0.4 is 5.32 Å². The molecule has 1 aliphatic rings. The maximum Gasteiger partial charge on any atom is 0.00965 e. The second-order valence-electron chi connectivity index (χ2n) is 7.79. The van der Waals surface area contributed by atoms with Gasteiger partial charge in [-0.2, -0.15) is 0 Å². The number of rotatable bonds is 5. The van der Waals surface area contributed by atoms with Crippen molar-refractivity contribution in [3.8, 4) is 0 Å². The van der Waals surface area contributed by atoms with E-state index in [0.29, 0.717) is 0 Å². The van der Waals surface area contributed by atoms with Crippen LogP contribution >= 0.6 is 0 Å². The third-order valence-corrected chi connectivity index (χ3v) is 4.59. The molecule has 0 saturated carbocycles. The molecule has 0 aromatic rings. The van der Waals surface area contributed by atoms with Gasteiger partial charge in [0, 0.05) is 11.6 Å². The quantitative estimate of drug-likeness (QED) is 0.813. The molecule has 0 aromatic carbocycles. The summed E-state index contributed by atoms with van der Waals surface area (Å²) in [5.74, 6) is 1.81. The Morgan fingerprint density at radius 3 is 2.37 bits per heavy atom. The van der Waals surface area contributed by atoms with Gasteiger partial charge < -0.3 is 10.2 Å². The van der Waals surface area contributed by atoms with Gasteiger partial charge in [0.15, 0.2) is 0 Å². The summed E-state index contributed by atoms with van der Waals surface area (Å²) in [5.41, 5.74) is 0.251. The van der Waals surface area contributed by atoms with Gasteiger partial charge in [0.05, 0.1) is 0 Å². The van der Waals surface area contributed by atoms with Gasteiger partial charge >= 0.3 is 0 Å². The zero-order valence-corrected chi connectivity index (χ0v) is 14.1. The molecule has 0 radical (unpaired) electrons. The highest BCUT2D eigenvalue weighted by Gasteiger charge is 2.22. The highest BCUT2D eigenvalue weighted by Crippen LogP contribution is 2.25. The molecule has 19 heavy (non-hydrogen) atoms. The van der Waals surface area contributed by atoms with Gasteiger partial charge in [-0.15, -0.1) is 0 Å². The van der Waals surface area contributed by atoms with Crippen molar-refractivity contribution in [3.63, 3.8) is 0 Å². The van der Waals surface area contributed by atoms with Crippen molar-refractivity contribution in [1.82, 2.24) is 10.2 Å². The van der Waals surface area contributed by atoms with Gasteiger partial charge in [0.1, 0.15) is 0 Å². The van der Waals surface area contributed by atoms with E-state index >= 15 is 0 Å². The monoisotopic (exact) mass is 268 g/mol. The molecule has 1 saturated heterocycles. The largest absolute Gasteiger partial charge is 0.312 e. The van der Waals surface area contributed by atoms with Gasteiger partial charge in [-0.25, -0.2) is 0 Å². The minimum atomic E-state index is 0.251. The first-order chi connectivity index (χ1) is 8.79. The lowest BCUT2D eigenvalue weighted by Gasteiger charge is -2.29. The van der Waals surface area contributed by atoms with Crippen LogP contribution in [0.15, 0.2) is 0 Å². The van der Waals surface area contributed by atoms with Crippen LogP contribution in [0.2, 0.25) is 0 Å². The molecule has 2 nitrogen and oxygen atoms in total. The molecule has 2 heteroatoms. The molecule has 0 aliphatic carbocycles. The maximum atomic E-state index is 3.61. The second-order valence-corrected chi connectivity index (χ2v) is 7.79. The van der Waals surface area contributed by atoms with Gasteiger partial charge in [-0.3, -0.25) is 0 Å². The fraction of sp³-hybridized carbons (Fsp3) is 1.00. The first-order valence-electron chi connectivity index (χ1n) is 8.28. The van der Waals surface area contributed by atoms with Crippen LogP contribution in [0.25, 0.3) is 0 Å². The summed E-state index contributed by atoms with van der Waals surface area (Å²) in [6, 6.07) is 0.723. The van der Waals surface area contributed by atoms with E-state index in [1.807, 2.05) is 0 Å². The number of nitrogens with zero attached hydrogens (tertiary/aromatic N) is 1. The zero-order chi connectivity index (χ0) is 14.5. The van der Waals surface area contributed by atoms with Crippen molar-refractivity contribution >= 4 is 0 Å². The van der Waals surface area contributed by atoms with E-state index in [-0.39, 0.29) is 5.54 Å². The van der Waals surface area contributed by atoms with Gasteiger partial charge in [-0.05, 0) is 84.8 Å². The maximum absolute atomic E-state index is 3.61. The fourth-order valence-corrected chi connectivity index (χ4v) is 3.09. The van der Waals surface area contributed by atoms with Crippen LogP contribution in [-0.2, 0) is 0 Å². The van der Waals surface area contributed by atoms with Crippen LogP contribution in [0.3, 0.4) is 0 Å². The normalized spacial score (nSPS) is 24.5. The molecule has 1 aliphatic heterocycles. The first kappa shape index (κ1) is 17.0. The Bertz CT molecular complexity index is 242. The molecule has 1 heterocycles. The van der Waals surface area contributed by atoms with Crippen molar-refractivity contribution in [2.75, 3.05) is 19.6 Å². The average Bonchev–Trinajstić information content (AvgIpc) is 2.52. The lowest BCUT2D eigenvalue weighted by Crippen LogP contribution is -2.41. The number of nitrogens with one attached hydrogen (secondary N) is 1. The Morgan fingerprint density at radius 1 is 1.11 bits per heavy atom. The average molecular weight is 268 g/mol. The van der Waals surface area contributed by atoms with Gasteiger partial charge in [0.25, 0.3) is 0 Å². The lowest BCUT2D eigenvalue weighted by atomic mass is 9.89. The van der Waals surface area contributed by atoms with E-state index in [0.717, 1.165) is 24.4 Å². The number of hydrogen-bond acceptors (Lipinski definition) is 2. The van der Waals surface area contributed by atoms with Crippen LogP contribution in [0, 0.1) is 11.8 Å². The summed E-state index contributed by atoms with van der Waals surface area (Å²) in [7, 11) is 0. The summed E-state index contributed by atoms with van der Waals surface area (Å²) in [6.45, 7) is 17.7. The molecule has 2 unspecified atom stereocenters. The molecule has 0 bridgehead atoms. The Balaban J connectivity index is 2.31. The summed E-state index contributed by atoms with van der Waals surface area (Å²) in [6.07, 6.45) is 5.49. The van der Waals surface area contributed by atoms with Crippen molar-refractivity contribution in [1.29, 1.82) is 0 Å². The molecular weight excluding hydrogens is 232 g/mol. The summed E-state index contributed by atoms with van der Waals surface area (Å²) in [4.78, 5) is 2.72. The number of likely N-dealkylation sites (tertiary alicyclic amines) is 1. The Labute approximate surface area is 121 Å². The molecular formula is C17H36N2. The van der Waals surface area contributed by atoms with E-state index < -0.39 is 0 Å². The van der Waals surface area contributed by atoms with Crippen LogP contribution in [0.1, 0.15) is 67.2 Å². The molecule has 114 valence electrons. The van der Waals surface area contributed by atoms with Gasteiger partial charge in [0.2, 0.25) is 0 Å². The topological polar surface area (TPSA) is 15.3 Å². The Morgan fingerprint density at radius 2 is 1.79 bits per heavy atom. The predicted octanol–water partition coefficient (Wildman–Crippen LogP) is 3.91. The van der Waals surface area contributed by atoms with Gasteiger partial charge in [-0.1, -0.05) is 13.8 Å². The minimum absolute atomic E-state index is 0.251. The first-order valence-corrected chi connectivity index (χ1v) is 8.28. The standard InChI is InChI=1S/C17H36N2/c1-14(2)16-8-7-12-19(13-10-16)15(3)9-11-18-17(4,5)6/h14-16,18H,7-13H2,1-6H3. The Hall–Kier alpha value is -0.0800. The predicted molar refractivity (Wildman–Crippen MR) is 85.6 cm³/mol. The van der Waals surface area contributed by atoms with Crippen molar-refractivity contribution in [3.05, 3.63) is 0 Å². The molecule has 1 rings (SSSR count). The zero-order valence-electron chi connectivity index (χ0n) is 14.1.